The Morgan fingerprint density at radius 1 is 1.27 bits per heavy atom. The molecule has 0 aliphatic carbocycles. The van der Waals surface area contributed by atoms with Gasteiger partial charge in [0.25, 0.3) is 0 Å². The number of dihydropyridines is 1. The first-order chi connectivity index (χ1) is 7.43. The summed E-state index contributed by atoms with van der Waals surface area (Å²) in [5.74, 6) is 0.449. The van der Waals surface area contributed by atoms with Crippen LogP contribution in [-0.4, -0.2) is 23.6 Å². The van der Waals surface area contributed by atoms with Crippen LogP contribution in [0.25, 0.3) is 5.57 Å². The van der Waals surface area contributed by atoms with Gasteiger partial charge in [-0.15, -0.1) is 0 Å². The first-order valence-electron chi connectivity index (χ1n) is 5.10. The van der Waals surface area contributed by atoms with E-state index in [9.17, 15) is 0 Å². The predicted molar refractivity (Wildman–Crippen MR) is 61.1 cm³/mol. The molecule has 2 unspecified atom stereocenters. The molecule has 0 bridgehead atoms. The predicted octanol–water partition coefficient (Wildman–Crippen LogP) is 1.97. The molecule has 74 valence electrons. The van der Waals surface area contributed by atoms with Crippen LogP contribution in [0.3, 0.4) is 0 Å². The smallest absolute Gasteiger partial charge is 0.145 e. The molecule has 15 heavy (non-hydrogen) atoms. The zero-order valence-corrected chi connectivity index (χ0v) is 8.24. The van der Waals surface area contributed by atoms with Crippen molar-refractivity contribution in [3.05, 3.63) is 36.2 Å². The van der Waals surface area contributed by atoms with E-state index in [2.05, 4.69) is 27.1 Å². The maximum absolute atomic E-state index is 4.43. The van der Waals surface area contributed by atoms with Gasteiger partial charge in [-0.1, -0.05) is 12.1 Å². The lowest BCUT2D eigenvalue weighted by molar-refractivity contribution is 0.574. The monoisotopic (exact) mass is 197 g/mol. The molecule has 0 saturated heterocycles. The molecule has 3 heterocycles. The summed E-state index contributed by atoms with van der Waals surface area (Å²) < 4.78 is 0. The van der Waals surface area contributed by atoms with Crippen molar-refractivity contribution in [3.8, 4) is 0 Å². The second-order valence-corrected chi connectivity index (χ2v) is 3.79. The van der Waals surface area contributed by atoms with E-state index in [0.29, 0.717) is 5.92 Å². The van der Waals surface area contributed by atoms with E-state index in [1.807, 2.05) is 24.7 Å². The molecule has 0 N–H and O–H groups in total. The van der Waals surface area contributed by atoms with Gasteiger partial charge in [0.2, 0.25) is 0 Å². The highest BCUT2D eigenvalue weighted by Crippen LogP contribution is 2.27. The normalized spacial score (nSPS) is 27.6. The molecule has 2 aliphatic heterocycles. The van der Waals surface area contributed by atoms with Crippen LogP contribution in [0.4, 0.5) is 0 Å². The van der Waals surface area contributed by atoms with Crippen LogP contribution in [0, 0.1) is 5.92 Å². The molecule has 0 saturated carbocycles. The third kappa shape index (κ3) is 1.50. The Hall–Kier alpha value is -1.77. The highest BCUT2D eigenvalue weighted by molar-refractivity contribution is 6.10. The van der Waals surface area contributed by atoms with Gasteiger partial charge in [0, 0.05) is 36.3 Å². The summed E-state index contributed by atoms with van der Waals surface area (Å²) in [5.41, 5.74) is 2.29. The van der Waals surface area contributed by atoms with E-state index >= 15 is 0 Å². The van der Waals surface area contributed by atoms with Crippen molar-refractivity contribution in [2.24, 2.45) is 15.9 Å². The number of aliphatic imine (C=N–C) groups is 2. The van der Waals surface area contributed by atoms with Crippen molar-refractivity contribution in [1.29, 1.82) is 0 Å². The molecule has 1 aromatic rings. The zero-order chi connectivity index (χ0) is 10.1. The number of aromatic nitrogens is 1. The van der Waals surface area contributed by atoms with Crippen LogP contribution in [0.15, 0.2) is 40.6 Å². The number of hydrogen-bond acceptors (Lipinski definition) is 3. The third-order valence-electron chi connectivity index (χ3n) is 2.77. The second-order valence-electron chi connectivity index (χ2n) is 3.79. The fourth-order valence-electron chi connectivity index (χ4n) is 1.96. The molecule has 2 atom stereocenters. The third-order valence-corrected chi connectivity index (χ3v) is 2.77. The second kappa shape index (κ2) is 3.42. The Balaban J connectivity index is 1.93. The van der Waals surface area contributed by atoms with Crippen LogP contribution in [0.5, 0.6) is 0 Å². The minimum absolute atomic E-state index is 0.130. The largest absolute Gasteiger partial charge is 0.270 e. The molecule has 1 aromatic heterocycles. The van der Waals surface area contributed by atoms with Crippen LogP contribution in [0.2, 0.25) is 0 Å². The van der Waals surface area contributed by atoms with Crippen molar-refractivity contribution < 1.29 is 0 Å². The number of allylic oxidation sites excluding steroid dienone is 1. The minimum Gasteiger partial charge on any atom is -0.270 e. The Bertz CT molecular complexity index is 445. The summed E-state index contributed by atoms with van der Waals surface area (Å²) in [5, 5.41) is 0. The molecule has 0 amide bonds. The first-order valence-corrected chi connectivity index (χ1v) is 5.10. The van der Waals surface area contributed by atoms with Crippen LogP contribution in [-0.2, 0) is 0 Å². The first kappa shape index (κ1) is 8.53. The van der Waals surface area contributed by atoms with Gasteiger partial charge in [-0.3, -0.25) is 15.0 Å². The van der Waals surface area contributed by atoms with E-state index in [0.717, 1.165) is 17.6 Å². The summed E-state index contributed by atoms with van der Waals surface area (Å²) in [7, 11) is 0. The maximum Gasteiger partial charge on any atom is 0.145 e. The molecule has 3 nitrogen and oxygen atoms in total. The number of pyridine rings is 1. The van der Waals surface area contributed by atoms with Crippen LogP contribution >= 0.6 is 0 Å². The number of rotatable bonds is 1. The summed E-state index contributed by atoms with van der Waals surface area (Å²) >= 11 is 0. The Morgan fingerprint density at radius 3 is 3.13 bits per heavy atom. The molecule has 3 heteroatoms. The zero-order valence-electron chi connectivity index (χ0n) is 8.24. The summed E-state index contributed by atoms with van der Waals surface area (Å²) in [6.45, 7) is 0. The standard InChI is InChI=1S/C12H11N3/c1-2-10(7-13-4-1)11-6-9-3-5-14-12(9)15-8-11/h1-2,4-9,12H,3H2. The van der Waals surface area contributed by atoms with Gasteiger partial charge in [-0.25, -0.2) is 0 Å². The van der Waals surface area contributed by atoms with E-state index in [1.165, 1.54) is 0 Å². The molecule has 0 aromatic carbocycles. The van der Waals surface area contributed by atoms with Crippen molar-refractivity contribution >= 4 is 18.0 Å². The van der Waals surface area contributed by atoms with Crippen LogP contribution < -0.4 is 0 Å². The van der Waals surface area contributed by atoms with E-state index < -0.39 is 0 Å². The lowest BCUT2D eigenvalue weighted by atomic mass is 9.96. The topological polar surface area (TPSA) is 37.6 Å². The highest BCUT2D eigenvalue weighted by atomic mass is 15.0. The van der Waals surface area contributed by atoms with Gasteiger partial charge in [-0.05, 0) is 18.1 Å². The van der Waals surface area contributed by atoms with Crippen molar-refractivity contribution in [2.45, 2.75) is 12.6 Å². The van der Waals surface area contributed by atoms with Gasteiger partial charge in [0.15, 0.2) is 0 Å². The molecule has 3 rings (SSSR count). The van der Waals surface area contributed by atoms with Gasteiger partial charge >= 0.3 is 0 Å². The van der Waals surface area contributed by atoms with Crippen molar-refractivity contribution in [1.82, 2.24) is 4.98 Å². The van der Waals surface area contributed by atoms with E-state index in [1.54, 1.807) is 6.20 Å². The highest BCUT2D eigenvalue weighted by Gasteiger charge is 2.24. The summed E-state index contributed by atoms with van der Waals surface area (Å²) in [6, 6.07) is 4.00. The lowest BCUT2D eigenvalue weighted by Crippen LogP contribution is -2.14. The quantitative estimate of drug-likeness (QED) is 0.678. The van der Waals surface area contributed by atoms with Crippen molar-refractivity contribution in [3.63, 3.8) is 0 Å². The Labute approximate surface area is 88.3 Å². The Kier molecular flexibility index (Phi) is 1.95. The summed E-state index contributed by atoms with van der Waals surface area (Å²) in [4.78, 5) is 12.8. The average molecular weight is 197 g/mol. The maximum atomic E-state index is 4.43. The summed E-state index contributed by atoms with van der Waals surface area (Å²) in [6.07, 6.45) is 10.9. The SMILES string of the molecule is C1=NC2N=CC(c3cccnc3)=CC2C1. The molecule has 0 radical (unpaired) electrons. The average Bonchev–Trinajstić information content (AvgIpc) is 2.77. The van der Waals surface area contributed by atoms with Gasteiger partial charge in [-0.2, -0.15) is 0 Å². The fourth-order valence-corrected chi connectivity index (χ4v) is 1.96. The van der Waals surface area contributed by atoms with E-state index in [4.69, 9.17) is 0 Å². The molecule has 2 aliphatic rings. The van der Waals surface area contributed by atoms with E-state index in [-0.39, 0.29) is 6.17 Å². The van der Waals surface area contributed by atoms with Gasteiger partial charge in [0.1, 0.15) is 6.17 Å². The molecule has 0 fully saturated rings. The minimum atomic E-state index is 0.130. The van der Waals surface area contributed by atoms with Gasteiger partial charge in [0.05, 0.1) is 0 Å². The molecular formula is C12H11N3. The number of hydrogen-bond donors (Lipinski definition) is 0. The van der Waals surface area contributed by atoms with Crippen LogP contribution in [0.1, 0.15) is 12.0 Å². The molecule has 0 spiro atoms. The molecular weight excluding hydrogens is 186 g/mol. The number of fused-ring (bicyclic) bond motifs is 1. The van der Waals surface area contributed by atoms with Crippen molar-refractivity contribution in [2.75, 3.05) is 0 Å². The lowest BCUT2D eigenvalue weighted by Gasteiger charge is -2.16. The fraction of sp³-hybridized carbons (Fsp3) is 0.250. The van der Waals surface area contributed by atoms with Gasteiger partial charge < -0.3 is 0 Å². The Morgan fingerprint density at radius 2 is 2.27 bits per heavy atom. The number of nitrogens with zero attached hydrogens (tertiary/aromatic N) is 3.